The molecule has 2 rings (SSSR count). The number of halogens is 1. The van der Waals surface area contributed by atoms with Crippen molar-refractivity contribution in [3.63, 3.8) is 0 Å². The number of hydrogen-bond acceptors (Lipinski definition) is 4. The molecule has 0 bridgehead atoms. The molecule has 2 aromatic rings. The summed E-state index contributed by atoms with van der Waals surface area (Å²) < 4.78 is 18.9. The minimum absolute atomic E-state index is 0.105. The summed E-state index contributed by atoms with van der Waals surface area (Å²) >= 11 is 0. The van der Waals surface area contributed by atoms with Crippen molar-refractivity contribution in [3.05, 3.63) is 63.5 Å². The Balaban J connectivity index is 2.47. The van der Waals surface area contributed by atoms with Gasteiger partial charge in [0.1, 0.15) is 11.6 Å². The first kappa shape index (κ1) is 14.9. The second-order valence-electron chi connectivity index (χ2n) is 4.80. The molecule has 0 aliphatic carbocycles. The van der Waals surface area contributed by atoms with Gasteiger partial charge in [-0.1, -0.05) is 6.07 Å². The maximum absolute atomic E-state index is 13.3. The quantitative estimate of drug-likeness (QED) is 0.685. The molecule has 0 saturated carbocycles. The third kappa shape index (κ3) is 3.35. The van der Waals surface area contributed by atoms with Crippen molar-refractivity contribution in [3.8, 4) is 11.5 Å². The Hall–Kier alpha value is -2.47. The Morgan fingerprint density at radius 3 is 2.57 bits per heavy atom. The highest BCUT2D eigenvalue weighted by Gasteiger charge is 2.18. The Labute approximate surface area is 121 Å². The van der Waals surface area contributed by atoms with Crippen molar-refractivity contribution < 1.29 is 14.1 Å². The molecule has 0 saturated heterocycles. The van der Waals surface area contributed by atoms with E-state index in [2.05, 4.69) is 0 Å². The van der Waals surface area contributed by atoms with Gasteiger partial charge in [0, 0.05) is 17.7 Å². The molecule has 1 atom stereocenters. The number of benzene rings is 2. The van der Waals surface area contributed by atoms with Gasteiger partial charge in [0.05, 0.1) is 4.92 Å². The van der Waals surface area contributed by atoms with Gasteiger partial charge in [-0.15, -0.1) is 0 Å². The summed E-state index contributed by atoms with van der Waals surface area (Å²) in [5.41, 5.74) is 6.90. The number of nitro groups is 1. The van der Waals surface area contributed by atoms with Crippen molar-refractivity contribution in [2.24, 2.45) is 5.73 Å². The van der Waals surface area contributed by atoms with Crippen LogP contribution in [0.3, 0.4) is 0 Å². The maximum Gasteiger partial charge on any atom is 0.311 e. The van der Waals surface area contributed by atoms with Gasteiger partial charge < -0.3 is 10.5 Å². The van der Waals surface area contributed by atoms with E-state index in [-0.39, 0.29) is 11.4 Å². The zero-order valence-electron chi connectivity index (χ0n) is 11.7. The van der Waals surface area contributed by atoms with Crippen LogP contribution in [0.2, 0.25) is 0 Å². The number of nitrogens with zero attached hydrogens (tertiary/aromatic N) is 1. The highest BCUT2D eigenvalue weighted by molar-refractivity contribution is 5.51. The molecule has 0 fully saturated rings. The van der Waals surface area contributed by atoms with Gasteiger partial charge in [-0.25, -0.2) is 4.39 Å². The van der Waals surface area contributed by atoms with Gasteiger partial charge in [0.2, 0.25) is 5.75 Å². The van der Waals surface area contributed by atoms with Crippen LogP contribution in [0.1, 0.15) is 24.1 Å². The van der Waals surface area contributed by atoms with Crippen LogP contribution in [-0.2, 0) is 0 Å². The zero-order valence-corrected chi connectivity index (χ0v) is 11.7. The van der Waals surface area contributed by atoms with Crippen molar-refractivity contribution in [2.45, 2.75) is 19.9 Å². The molecule has 5 nitrogen and oxygen atoms in total. The van der Waals surface area contributed by atoms with Crippen LogP contribution in [0, 0.1) is 22.9 Å². The Bertz CT molecular complexity index is 687. The van der Waals surface area contributed by atoms with Crippen LogP contribution in [-0.4, -0.2) is 4.92 Å². The first-order chi connectivity index (χ1) is 9.88. The highest BCUT2D eigenvalue weighted by Crippen LogP contribution is 2.35. The minimum Gasteiger partial charge on any atom is -0.450 e. The van der Waals surface area contributed by atoms with E-state index in [0.717, 1.165) is 5.56 Å². The van der Waals surface area contributed by atoms with E-state index in [9.17, 15) is 14.5 Å². The average Bonchev–Trinajstić information content (AvgIpc) is 2.40. The number of hydrogen-bond donors (Lipinski definition) is 1. The predicted octanol–water partition coefficient (Wildman–Crippen LogP) is 3.85. The van der Waals surface area contributed by atoms with Crippen molar-refractivity contribution in [2.75, 3.05) is 0 Å². The van der Waals surface area contributed by atoms with Crippen LogP contribution in [0.4, 0.5) is 10.1 Å². The van der Waals surface area contributed by atoms with Gasteiger partial charge in [0.25, 0.3) is 0 Å². The molecule has 21 heavy (non-hydrogen) atoms. The molecule has 0 unspecified atom stereocenters. The third-order valence-electron chi connectivity index (χ3n) is 2.99. The molecular formula is C15H15FN2O3. The minimum atomic E-state index is -0.524. The van der Waals surface area contributed by atoms with E-state index in [4.69, 9.17) is 10.5 Å². The Morgan fingerprint density at radius 1 is 1.24 bits per heavy atom. The monoisotopic (exact) mass is 290 g/mol. The van der Waals surface area contributed by atoms with Crippen LogP contribution in [0.5, 0.6) is 11.5 Å². The lowest BCUT2D eigenvalue weighted by molar-refractivity contribution is -0.385. The lowest BCUT2D eigenvalue weighted by Gasteiger charge is -2.14. The molecule has 0 aliphatic rings. The van der Waals surface area contributed by atoms with Gasteiger partial charge in [-0.3, -0.25) is 10.1 Å². The van der Waals surface area contributed by atoms with Crippen LogP contribution in [0.15, 0.2) is 36.4 Å². The summed E-state index contributed by atoms with van der Waals surface area (Å²) in [6, 6.07) is 8.01. The van der Waals surface area contributed by atoms with Gasteiger partial charge in [0.15, 0.2) is 0 Å². The normalized spacial score (nSPS) is 12.0. The summed E-state index contributed by atoms with van der Waals surface area (Å²) in [5, 5.41) is 11.0. The molecule has 0 aromatic heterocycles. The average molecular weight is 290 g/mol. The summed E-state index contributed by atoms with van der Waals surface area (Å²) in [7, 11) is 0. The Morgan fingerprint density at radius 2 is 1.95 bits per heavy atom. The number of ether oxygens (including phenoxy) is 1. The summed E-state index contributed by atoms with van der Waals surface area (Å²) in [4.78, 5) is 10.5. The van der Waals surface area contributed by atoms with E-state index in [1.807, 2.05) is 0 Å². The first-order valence-corrected chi connectivity index (χ1v) is 6.36. The Kier molecular flexibility index (Phi) is 4.18. The number of aryl methyl sites for hydroxylation is 1. The number of rotatable bonds is 4. The SMILES string of the molecule is Cc1ccc([N+](=O)[O-])c(Oc2ccc(F)cc2[C@@H](C)N)c1. The number of nitrogens with two attached hydrogens (primary N) is 1. The molecule has 6 heteroatoms. The van der Waals surface area contributed by atoms with Crippen LogP contribution in [0.25, 0.3) is 0 Å². The van der Waals surface area contributed by atoms with E-state index in [1.54, 1.807) is 26.0 Å². The van der Waals surface area contributed by atoms with E-state index >= 15 is 0 Å². The molecule has 0 aliphatic heterocycles. The van der Waals surface area contributed by atoms with Crippen molar-refractivity contribution in [1.29, 1.82) is 0 Å². The molecule has 0 radical (unpaired) electrons. The fourth-order valence-electron chi connectivity index (χ4n) is 1.94. The molecule has 0 heterocycles. The van der Waals surface area contributed by atoms with Gasteiger partial charge in [-0.05, 0) is 43.7 Å². The fraction of sp³-hybridized carbons (Fsp3) is 0.200. The lowest BCUT2D eigenvalue weighted by Crippen LogP contribution is -2.07. The van der Waals surface area contributed by atoms with Crippen molar-refractivity contribution in [1.82, 2.24) is 0 Å². The third-order valence-corrected chi connectivity index (χ3v) is 2.99. The molecule has 2 N–H and O–H groups in total. The second-order valence-corrected chi connectivity index (χ2v) is 4.80. The topological polar surface area (TPSA) is 78.4 Å². The lowest BCUT2D eigenvalue weighted by atomic mass is 10.1. The molecule has 0 spiro atoms. The molecule has 0 amide bonds. The predicted molar refractivity (Wildman–Crippen MR) is 76.9 cm³/mol. The van der Waals surface area contributed by atoms with Gasteiger partial charge >= 0.3 is 5.69 Å². The molecule has 2 aromatic carbocycles. The zero-order chi connectivity index (χ0) is 15.6. The number of nitro benzene ring substituents is 1. The van der Waals surface area contributed by atoms with Crippen LogP contribution >= 0.6 is 0 Å². The summed E-state index contributed by atoms with van der Waals surface area (Å²) in [6.45, 7) is 3.49. The smallest absolute Gasteiger partial charge is 0.311 e. The highest BCUT2D eigenvalue weighted by atomic mass is 19.1. The van der Waals surface area contributed by atoms with E-state index in [0.29, 0.717) is 11.3 Å². The van der Waals surface area contributed by atoms with Crippen LogP contribution < -0.4 is 10.5 Å². The van der Waals surface area contributed by atoms with E-state index < -0.39 is 16.8 Å². The van der Waals surface area contributed by atoms with Gasteiger partial charge in [-0.2, -0.15) is 0 Å². The molecule has 110 valence electrons. The largest absolute Gasteiger partial charge is 0.450 e. The first-order valence-electron chi connectivity index (χ1n) is 6.36. The molecular weight excluding hydrogens is 275 g/mol. The summed E-state index contributed by atoms with van der Waals surface area (Å²) in [5.74, 6) is -0.0259. The standard InChI is InChI=1S/C15H15FN2O3/c1-9-3-5-13(18(19)20)15(7-9)21-14-6-4-11(16)8-12(14)10(2)17/h3-8,10H,17H2,1-2H3/t10-/m1/s1. The summed E-state index contributed by atoms with van der Waals surface area (Å²) in [6.07, 6.45) is 0. The maximum atomic E-state index is 13.3. The van der Waals surface area contributed by atoms with E-state index in [1.165, 1.54) is 24.3 Å². The second kappa shape index (κ2) is 5.88. The van der Waals surface area contributed by atoms with Crippen molar-refractivity contribution >= 4 is 5.69 Å². The fourth-order valence-corrected chi connectivity index (χ4v) is 1.94.